The quantitative estimate of drug-likeness (QED) is 0.0261. The van der Waals surface area contributed by atoms with Crippen molar-refractivity contribution in [2.75, 3.05) is 13.2 Å². The van der Waals surface area contributed by atoms with Crippen molar-refractivity contribution >= 4 is 17.9 Å². The zero-order valence-corrected chi connectivity index (χ0v) is 54.9. The lowest BCUT2D eigenvalue weighted by Gasteiger charge is -2.18. The number of ether oxygens (including phenoxy) is 3. The molecule has 0 saturated carbocycles. The van der Waals surface area contributed by atoms with Gasteiger partial charge in [0.05, 0.1) is 0 Å². The summed E-state index contributed by atoms with van der Waals surface area (Å²) in [5.74, 6) is -0.866. The van der Waals surface area contributed by atoms with E-state index in [-0.39, 0.29) is 31.1 Å². The van der Waals surface area contributed by atoms with E-state index in [1.165, 1.54) is 205 Å². The molecule has 0 heterocycles. The van der Waals surface area contributed by atoms with E-state index in [1.807, 2.05) is 0 Å². The maximum atomic E-state index is 12.9. The zero-order chi connectivity index (χ0) is 59.9. The molecule has 0 saturated heterocycles. The van der Waals surface area contributed by atoms with Gasteiger partial charge in [-0.3, -0.25) is 14.4 Å². The lowest BCUT2D eigenvalue weighted by atomic mass is 10.0. The number of hydrogen-bond acceptors (Lipinski definition) is 6. The second-order valence-corrected chi connectivity index (χ2v) is 23.8. The van der Waals surface area contributed by atoms with Crippen LogP contribution in [-0.2, 0) is 28.6 Å². The average Bonchev–Trinajstić information content (AvgIpc) is 3.49. The molecule has 0 spiro atoms. The Kier molecular flexibility index (Phi) is 67.7. The summed E-state index contributed by atoms with van der Waals surface area (Å²) in [7, 11) is 0. The molecule has 0 rings (SSSR count). The Bertz CT molecular complexity index is 1610. The van der Waals surface area contributed by atoms with Gasteiger partial charge in [0.25, 0.3) is 0 Å². The SMILES string of the molecule is CC/C=C\C/C=C\C/C=C\C/C=C\C/C=C\C/C=C\C/C=C\CCCCCCCCCCCCCCCC(=O)OCC(COC(=O)CCCCCCC/C=C\CCCCCCC)OC(=O)CCCCCCCCCCCCCCCCCC. The molecule has 478 valence electrons. The topological polar surface area (TPSA) is 78.9 Å². The van der Waals surface area contributed by atoms with E-state index < -0.39 is 6.10 Å². The first kappa shape index (κ1) is 79.3. The van der Waals surface area contributed by atoms with E-state index in [9.17, 15) is 14.4 Å². The maximum Gasteiger partial charge on any atom is 0.306 e. The summed E-state index contributed by atoms with van der Waals surface area (Å²) < 4.78 is 17.0. The van der Waals surface area contributed by atoms with Gasteiger partial charge in [0, 0.05) is 19.3 Å². The predicted molar refractivity (Wildman–Crippen MR) is 362 cm³/mol. The van der Waals surface area contributed by atoms with Crippen molar-refractivity contribution in [2.24, 2.45) is 0 Å². The van der Waals surface area contributed by atoms with Crippen LogP contribution in [0, 0.1) is 0 Å². The van der Waals surface area contributed by atoms with Gasteiger partial charge >= 0.3 is 17.9 Å². The van der Waals surface area contributed by atoms with E-state index >= 15 is 0 Å². The highest BCUT2D eigenvalue weighted by molar-refractivity contribution is 5.71. The predicted octanol–water partition coefficient (Wildman–Crippen LogP) is 24.8. The number of esters is 3. The molecule has 1 unspecified atom stereocenters. The molecule has 0 aliphatic carbocycles. The summed E-state index contributed by atoms with van der Waals surface area (Å²) in [6, 6.07) is 0. The number of hydrogen-bond donors (Lipinski definition) is 0. The van der Waals surface area contributed by atoms with Crippen LogP contribution in [0.15, 0.2) is 97.2 Å². The molecule has 0 aromatic carbocycles. The molecule has 0 fully saturated rings. The molecular formula is C77H134O6. The molecule has 6 heteroatoms. The van der Waals surface area contributed by atoms with Crippen molar-refractivity contribution in [1.29, 1.82) is 0 Å². The number of carbonyl (C=O) groups excluding carboxylic acids is 3. The Labute approximate surface area is 515 Å². The number of rotatable bonds is 65. The van der Waals surface area contributed by atoms with E-state index in [0.29, 0.717) is 19.3 Å². The summed E-state index contributed by atoms with van der Waals surface area (Å²) >= 11 is 0. The molecule has 0 aromatic heterocycles. The first-order valence-electron chi connectivity index (χ1n) is 35.7. The molecule has 0 bridgehead atoms. The molecule has 0 N–H and O–H groups in total. The van der Waals surface area contributed by atoms with Crippen LogP contribution in [0.5, 0.6) is 0 Å². The van der Waals surface area contributed by atoms with Gasteiger partial charge in [-0.25, -0.2) is 0 Å². The fourth-order valence-electron chi connectivity index (χ4n) is 10.2. The largest absolute Gasteiger partial charge is 0.462 e. The lowest BCUT2D eigenvalue weighted by molar-refractivity contribution is -0.167. The second-order valence-electron chi connectivity index (χ2n) is 23.8. The van der Waals surface area contributed by atoms with E-state index in [2.05, 4.69) is 118 Å². The zero-order valence-electron chi connectivity index (χ0n) is 54.9. The fraction of sp³-hybridized carbons (Fsp3) is 0.753. The van der Waals surface area contributed by atoms with Crippen molar-refractivity contribution in [2.45, 2.75) is 361 Å². The van der Waals surface area contributed by atoms with Crippen LogP contribution >= 0.6 is 0 Å². The summed E-state index contributed by atoms with van der Waals surface area (Å²) in [6.45, 7) is 6.55. The van der Waals surface area contributed by atoms with Crippen molar-refractivity contribution < 1.29 is 28.6 Å². The Hall–Kier alpha value is -3.67. The Balaban J connectivity index is 4.19. The van der Waals surface area contributed by atoms with E-state index in [0.717, 1.165) is 109 Å². The van der Waals surface area contributed by atoms with Crippen molar-refractivity contribution in [3.05, 3.63) is 97.2 Å². The van der Waals surface area contributed by atoms with E-state index in [1.54, 1.807) is 0 Å². The number of unbranched alkanes of at least 4 members (excludes halogenated alkanes) is 38. The van der Waals surface area contributed by atoms with Crippen LogP contribution in [0.1, 0.15) is 355 Å². The molecule has 1 atom stereocenters. The molecule has 0 aromatic rings. The van der Waals surface area contributed by atoms with Gasteiger partial charge in [-0.1, -0.05) is 330 Å². The number of carbonyl (C=O) groups is 3. The minimum absolute atomic E-state index is 0.0756. The Morgan fingerprint density at radius 1 is 0.253 bits per heavy atom. The second kappa shape index (κ2) is 70.8. The highest BCUT2D eigenvalue weighted by Crippen LogP contribution is 2.17. The molecule has 0 aliphatic heterocycles. The van der Waals surface area contributed by atoms with Gasteiger partial charge in [-0.15, -0.1) is 0 Å². The third kappa shape index (κ3) is 69.0. The van der Waals surface area contributed by atoms with Gasteiger partial charge in [-0.2, -0.15) is 0 Å². The molecule has 0 aliphatic rings. The van der Waals surface area contributed by atoms with Gasteiger partial charge in [0.2, 0.25) is 0 Å². The van der Waals surface area contributed by atoms with Crippen molar-refractivity contribution in [3.8, 4) is 0 Å². The van der Waals surface area contributed by atoms with Gasteiger partial charge in [0.15, 0.2) is 6.10 Å². The molecule has 83 heavy (non-hydrogen) atoms. The van der Waals surface area contributed by atoms with Crippen LogP contribution in [0.4, 0.5) is 0 Å². The van der Waals surface area contributed by atoms with E-state index in [4.69, 9.17) is 14.2 Å². The van der Waals surface area contributed by atoms with Crippen molar-refractivity contribution in [1.82, 2.24) is 0 Å². The summed E-state index contributed by atoms with van der Waals surface area (Å²) in [4.78, 5) is 38.4. The first-order valence-corrected chi connectivity index (χ1v) is 35.7. The maximum absolute atomic E-state index is 12.9. The van der Waals surface area contributed by atoms with Crippen LogP contribution in [0.25, 0.3) is 0 Å². The Morgan fingerprint density at radius 2 is 0.470 bits per heavy atom. The van der Waals surface area contributed by atoms with Crippen LogP contribution in [0.2, 0.25) is 0 Å². The molecular weight excluding hydrogens is 1020 g/mol. The monoisotopic (exact) mass is 1160 g/mol. The molecule has 6 nitrogen and oxygen atoms in total. The number of allylic oxidation sites excluding steroid dienone is 16. The third-order valence-corrected chi connectivity index (χ3v) is 15.6. The normalized spacial score (nSPS) is 12.7. The minimum Gasteiger partial charge on any atom is -0.462 e. The summed E-state index contributed by atoms with van der Waals surface area (Å²) in [5, 5.41) is 0. The molecule has 0 radical (unpaired) electrons. The summed E-state index contributed by atoms with van der Waals surface area (Å²) in [6.07, 6.45) is 95.8. The highest BCUT2D eigenvalue weighted by atomic mass is 16.6. The minimum atomic E-state index is -0.779. The molecule has 0 amide bonds. The van der Waals surface area contributed by atoms with Crippen LogP contribution < -0.4 is 0 Å². The van der Waals surface area contributed by atoms with Crippen LogP contribution in [0.3, 0.4) is 0 Å². The van der Waals surface area contributed by atoms with Crippen molar-refractivity contribution in [3.63, 3.8) is 0 Å². The van der Waals surface area contributed by atoms with Gasteiger partial charge in [-0.05, 0) is 103 Å². The Morgan fingerprint density at radius 3 is 0.747 bits per heavy atom. The third-order valence-electron chi connectivity index (χ3n) is 15.6. The first-order chi connectivity index (χ1) is 41.0. The van der Waals surface area contributed by atoms with Gasteiger partial charge in [0.1, 0.15) is 13.2 Å². The van der Waals surface area contributed by atoms with Crippen LogP contribution in [-0.4, -0.2) is 37.2 Å². The fourth-order valence-corrected chi connectivity index (χ4v) is 10.2. The lowest BCUT2D eigenvalue weighted by Crippen LogP contribution is -2.30. The highest BCUT2D eigenvalue weighted by Gasteiger charge is 2.19. The average molecular weight is 1160 g/mol. The van der Waals surface area contributed by atoms with Gasteiger partial charge < -0.3 is 14.2 Å². The summed E-state index contributed by atoms with van der Waals surface area (Å²) in [5.41, 5.74) is 0. The smallest absolute Gasteiger partial charge is 0.306 e. The standard InChI is InChI=1S/C77H134O6/c1-4-7-10-13-16-19-22-25-28-30-31-32-33-34-35-36-37-38-39-40-41-42-43-44-45-46-47-48-50-52-55-58-61-64-67-70-76(79)82-73-74(72-81-75(78)69-66-63-60-57-54-51-27-24-21-18-15-12-9-6-3)83-77(80)71-68-65-62-59-56-53-49-29-26-23-20-17-14-11-8-5-2/h7,10,16,19,24-25,27-28,31-32,34-35,37-38,40-41,74H,4-6,8-9,11-15,17-18,20-23,26,29-30,33,36,39,42-73H2,1-3H3/b10-7-,19-16-,27-24-,28-25-,32-31-,35-34-,38-37-,41-40-.